The Labute approximate surface area is 172 Å². The molecule has 2 amide bonds. The molecule has 1 heterocycles. The Morgan fingerprint density at radius 1 is 1.03 bits per heavy atom. The van der Waals surface area contributed by atoms with Gasteiger partial charge in [-0.3, -0.25) is 0 Å². The Balaban J connectivity index is 1.60. The minimum absolute atomic E-state index is 0.441. The van der Waals surface area contributed by atoms with E-state index >= 15 is 0 Å². The number of aromatic nitrogens is 1. The van der Waals surface area contributed by atoms with Crippen molar-refractivity contribution in [3.63, 3.8) is 0 Å². The van der Waals surface area contributed by atoms with E-state index in [0.717, 1.165) is 11.1 Å². The Morgan fingerprint density at radius 3 is 2.59 bits per heavy atom. The SMILES string of the molecule is COc1ccc(-c2nc3ccccc3o2)cc1NC(=O)Nc1ccc(C)cc1Cl. The zero-order valence-corrected chi connectivity index (χ0v) is 16.6. The van der Waals surface area contributed by atoms with Gasteiger partial charge in [-0.15, -0.1) is 0 Å². The van der Waals surface area contributed by atoms with E-state index in [1.54, 1.807) is 24.3 Å². The number of urea groups is 1. The summed E-state index contributed by atoms with van der Waals surface area (Å²) >= 11 is 6.19. The third-order valence-corrected chi connectivity index (χ3v) is 4.67. The largest absolute Gasteiger partial charge is 0.495 e. The number of amides is 2. The summed E-state index contributed by atoms with van der Waals surface area (Å²) in [5.41, 5.74) is 4.18. The van der Waals surface area contributed by atoms with Gasteiger partial charge >= 0.3 is 6.03 Å². The highest BCUT2D eigenvalue weighted by Crippen LogP contribution is 2.32. The van der Waals surface area contributed by atoms with Gasteiger partial charge in [-0.1, -0.05) is 29.8 Å². The highest BCUT2D eigenvalue weighted by atomic mass is 35.5. The van der Waals surface area contributed by atoms with Crippen molar-refractivity contribution in [1.82, 2.24) is 4.98 Å². The summed E-state index contributed by atoms with van der Waals surface area (Å²) in [6.45, 7) is 1.93. The highest BCUT2D eigenvalue weighted by Gasteiger charge is 2.14. The van der Waals surface area contributed by atoms with Gasteiger partial charge in [0.2, 0.25) is 5.89 Å². The summed E-state index contributed by atoms with van der Waals surface area (Å²) < 4.78 is 11.2. The van der Waals surface area contributed by atoms with Crippen LogP contribution in [0.4, 0.5) is 16.2 Å². The van der Waals surface area contributed by atoms with E-state index in [1.807, 2.05) is 43.3 Å². The van der Waals surface area contributed by atoms with E-state index in [4.69, 9.17) is 20.8 Å². The number of oxazole rings is 1. The second-order valence-electron chi connectivity index (χ2n) is 6.46. The van der Waals surface area contributed by atoms with Gasteiger partial charge in [0, 0.05) is 5.56 Å². The van der Waals surface area contributed by atoms with Gasteiger partial charge in [-0.2, -0.15) is 0 Å². The van der Waals surface area contributed by atoms with E-state index in [9.17, 15) is 4.79 Å². The molecule has 6 nitrogen and oxygen atoms in total. The van der Waals surface area contributed by atoms with E-state index in [-0.39, 0.29) is 0 Å². The first kappa shape index (κ1) is 18.8. The number of halogens is 1. The number of para-hydroxylation sites is 2. The first-order valence-corrected chi connectivity index (χ1v) is 9.29. The molecule has 0 saturated heterocycles. The number of ether oxygens (including phenoxy) is 1. The standard InChI is InChI=1S/C22H18ClN3O3/c1-13-7-9-16(15(23)11-13)25-22(27)26-18-12-14(8-10-19(18)28-2)21-24-17-5-3-4-6-20(17)29-21/h3-12H,1-2H3,(H2,25,26,27). The van der Waals surface area contributed by atoms with Crippen molar-refractivity contribution < 1.29 is 13.9 Å². The maximum absolute atomic E-state index is 12.5. The number of rotatable bonds is 4. The first-order chi connectivity index (χ1) is 14.0. The molecule has 0 fully saturated rings. The van der Waals surface area contributed by atoms with Crippen LogP contribution in [-0.2, 0) is 0 Å². The van der Waals surface area contributed by atoms with Crippen LogP contribution in [0.5, 0.6) is 5.75 Å². The molecular formula is C22H18ClN3O3. The van der Waals surface area contributed by atoms with Crippen molar-refractivity contribution in [1.29, 1.82) is 0 Å². The van der Waals surface area contributed by atoms with Gasteiger partial charge in [-0.25, -0.2) is 9.78 Å². The van der Waals surface area contributed by atoms with Crippen LogP contribution < -0.4 is 15.4 Å². The summed E-state index contributed by atoms with van der Waals surface area (Å²) in [6.07, 6.45) is 0. The fourth-order valence-corrected chi connectivity index (χ4v) is 3.21. The van der Waals surface area contributed by atoms with Crippen LogP contribution in [0.25, 0.3) is 22.6 Å². The molecular weight excluding hydrogens is 390 g/mol. The molecule has 3 aromatic carbocycles. The van der Waals surface area contributed by atoms with Crippen molar-refractivity contribution in [3.8, 4) is 17.2 Å². The molecule has 0 atom stereocenters. The van der Waals surface area contributed by atoms with Crippen molar-refractivity contribution in [3.05, 3.63) is 71.2 Å². The molecule has 0 unspecified atom stereocenters. The molecule has 2 N–H and O–H groups in total. The lowest BCUT2D eigenvalue weighted by Gasteiger charge is -2.13. The van der Waals surface area contributed by atoms with Crippen LogP contribution in [-0.4, -0.2) is 18.1 Å². The van der Waals surface area contributed by atoms with Crippen LogP contribution in [0, 0.1) is 6.92 Å². The average Bonchev–Trinajstić information content (AvgIpc) is 3.14. The van der Waals surface area contributed by atoms with E-state index < -0.39 is 6.03 Å². The number of fused-ring (bicyclic) bond motifs is 1. The summed E-state index contributed by atoms with van der Waals surface area (Å²) in [5.74, 6) is 0.967. The Hall–Kier alpha value is -3.51. The summed E-state index contributed by atoms with van der Waals surface area (Å²) in [5, 5.41) is 6.00. The maximum atomic E-state index is 12.5. The van der Waals surface area contributed by atoms with Crippen LogP contribution in [0.1, 0.15) is 5.56 Å². The number of anilines is 2. The van der Waals surface area contributed by atoms with Gasteiger partial charge < -0.3 is 19.8 Å². The molecule has 0 bridgehead atoms. The van der Waals surface area contributed by atoms with Crippen LogP contribution >= 0.6 is 11.6 Å². The number of hydrogen-bond donors (Lipinski definition) is 2. The predicted octanol–water partition coefficient (Wildman–Crippen LogP) is 6.11. The molecule has 7 heteroatoms. The summed E-state index contributed by atoms with van der Waals surface area (Å²) in [7, 11) is 1.54. The third kappa shape index (κ3) is 4.02. The van der Waals surface area contributed by atoms with Crippen LogP contribution in [0.2, 0.25) is 5.02 Å². The molecule has 0 saturated carbocycles. The number of methoxy groups -OCH3 is 1. The maximum Gasteiger partial charge on any atom is 0.323 e. The lowest BCUT2D eigenvalue weighted by atomic mass is 10.2. The molecule has 4 aromatic rings. The van der Waals surface area contributed by atoms with Gasteiger partial charge in [0.1, 0.15) is 11.3 Å². The molecule has 146 valence electrons. The van der Waals surface area contributed by atoms with Gasteiger partial charge in [0.25, 0.3) is 0 Å². The molecule has 0 aliphatic rings. The second-order valence-corrected chi connectivity index (χ2v) is 6.87. The van der Waals surface area contributed by atoms with Gasteiger partial charge in [0.15, 0.2) is 5.58 Å². The molecule has 0 spiro atoms. The average molecular weight is 408 g/mol. The van der Waals surface area contributed by atoms with Crippen molar-refractivity contribution in [2.24, 2.45) is 0 Å². The Bertz CT molecular complexity index is 1170. The number of nitrogens with one attached hydrogen (secondary N) is 2. The van der Waals surface area contributed by atoms with Crippen molar-refractivity contribution in [2.45, 2.75) is 6.92 Å². The molecule has 0 radical (unpaired) electrons. The Morgan fingerprint density at radius 2 is 1.83 bits per heavy atom. The zero-order valence-electron chi connectivity index (χ0n) is 15.8. The van der Waals surface area contributed by atoms with Gasteiger partial charge in [0.05, 0.1) is 23.5 Å². The highest BCUT2D eigenvalue weighted by molar-refractivity contribution is 6.33. The van der Waals surface area contributed by atoms with Crippen molar-refractivity contribution in [2.75, 3.05) is 17.7 Å². The fraction of sp³-hybridized carbons (Fsp3) is 0.0909. The number of carbonyl (C=O) groups excluding carboxylic acids is 1. The quantitative estimate of drug-likeness (QED) is 0.428. The molecule has 29 heavy (non-hydrogen) atoms. The van der Waals surface area contributed by atoms with Crippen LogP contribution in [0.3, 0.4) is 0 Å². The normalized spacial score (nSPS) is 10.7. The molecule has 0 aliphatic carbocycles. The first-order valence-electron chi connectivity index (χ1n) is 8.91. The van der Waals surface area contributed by atoms with Gasteiger partial charge in [-0.05, 0) is 55.0 Å². The van der Waals surface area contributed by atoms with E-state index in [0.29, 0.717) is 39.2 Å². The zero-order chi connectivity index (χ0) is 20.4. The van der Waals surface area contributed by atoms with Crippen LogP contribution in [0.15, 0.2) is 65.1 Å². The summed E-state index contributed by atoms with van der Waals surface area (Å²) in [4.78, 5) is 17.0. The predicted molar refractivity (Wildman–Crippen MR) is 115 cm³/mol. The van der Waals surface area contributed by atoms with E-state index in [1.165, 1.54) is 7.11 Å². The lowest BCUT2D eigenvalue weighted by Crippen LogP contribution is -2.20. The monoisotopic (exact) mass is 407 g/mol. The number of benzene rings is 3. The fourth-order valence-electron chi connectivity index (χ4n) is 2.93. The van der Waals surface area contributed by atoms with Crippen molar-refractivity contribution >= 4 is 40.1 Å². The minimum atomic E-state index is -0.441. The third-order valence-electron chi connectivity index (χ3n) is 4.36. The second kappa shape index (κ2) is 7.85. The topological polar surface area (TPSA) is 76.4 Å². The lowest BCUT2D eigenvalue weighted by molar-refractivity contribution is 0.262. The number of aryl methyl sites for hydroxylation is 1. The Kier molecular flexibility index (Phi) is 5.10. The number of carbonyl (C=O) groups is 1. The molecule has 1 aromatic heterocycles. The smallest absolute Gasteiger partial charge is 0.323 e. The molecule has 0 aliphatic heterocycles. The minimum Gasteiger partial charge on any atom is -0.495 e. The molecule has 4 rings (SSSR count). The van der Waals surface area contributed by atoms with E-state index in [2.05, 4.69) is 15.6 Å². The number of hydrogen-bond acceptors (Lipinski definition) is 4. The summed E-state index contributed by atoms with van der Waals surface area (Å²) in [6, 6.07) is 17.8. The number of nitrogens with zero attached hydrogens (tertiary/aromatic N) is 1.